The van der Waals surface area contributed by atoms with E-state index in [9.17, 15) is 34.9 Å². The zero-order valence-electron chi connectivity index (χ0n) is 39.6. The predicted molar refractivity (Wildman–Crippen MR) is 276 cm³/mol. The molecule has 26 nitrogen and oxygen atoms in total. The number of anilines is 4. The van der Waals surface area contributed by atoms with Gasteiger partial charge in [0.2, 0.25) is 0 Å². The third kappa shape index (κ3) is 15.2. The zero-order chi connectivity index (χ0) is 54.2. The van der Waals surface area contributed by atoms with Crippen LogP contribution < -0.4 is 25.8 Å². The van der Waals surface area contributed by atoms with Gasteiger partial charge in [-0.15, -0.1) is 18.9 Å². The van der Waals surface area contributed by atoms with Gasteiger partial charge in [-0.2, -0.15) is 28.9 Å². The highest BCUT2D eigenvalue weighted by atomic mass is 32.2. The number of phenolic OH excluding ortho intramolecular Hbond substituents is 1. The van der Waals surface area contributed by atoms with Crippen LogP contribution in [0.15, 0.2) is 147 Å². The molecular formula is C43H48N10O16S5. The van der Waals surface area contributed by atoms with Crippen molar-refractivity contribution in [3.05, 3.63) is 103 Å². The summed E-state index contributed by atoms with van der Waals surface area (Å²) in [5.41, 5.74) is 15.5. The van der Waals surface area contributed by atoms with Gasteiger partial charge in [-0.05, 0) is 105 Å². The molecule has 9 N–H and O–H groups in total. The Hall–Kier alpha value is -6.59. The number of rotatable bonds is 23. The van der Waals surface area contributed by atoms with Crippen LogP contribution >= 0.6 is 24.4 Å². The van der Waals surface area contributed by atoms with Crippen molar-refractivity contribution in [2.24, 2.45) is 30.7 Å². The van der Waals surface area contributed by atoms with E-state index in [0.717, 1.165) is 30.4 Å². The van der Waals surface area contributed by atoms with E-state index < -0.39 is 52.1 Å². The number of nitrogen functional groups attached to an aromatic ring is 2. The fourth-order valence-electron chi connectivity index (χ4n) is 6.55. The van der Waals surface area contributed by atoms with Gasteiger partial charge in [-0.3, -0.25) is 13.5 Å². The number of hydrogen-bond donors (Lipinski definition) is 7. The molecule has 31 heteroatoms. The quantitative estimate of drug-likeness (QED) is 0.00596. The average Bonchev–Trinajstić information content (AvgIpc) is 3.36. The molecule has 0 aliphatic heterocycles. The summed E-state index contributed by atoms with van der Waals surface area (Å²) >= 11 is 0.637. The first kappa shape index (κ1) is 58.3. The molecule has 0 aromatic heterocycles. The molecule has 0 aliphatic carbocycles. The van der Waals surface area contributed by atoms with Crippen LogP contribution in [-0.2, 0) is 52.9 Å². The Morgan fingerprint density at radius 3 is 1.93 bits per heavy atom. The Bertz CT molecular complexity index is 3330. The van der Waals surface area contributed by atoms with Crippen molar-refractivity contribution >= 4 is 116 Å². The Labute approximate surface area is 433 Å². The minimum Gasteiger partial charge on any atom is -0.505 e. The summed E-state index contributed by atoms with van der Waals surface area (Å²) in [7, 11) is -9.47. The van der Waals surface area contributed by atoms with E-state index in [1.165, 1.54) is 37.4 Å². The number of nitrogens with one attached hydrogen (secondary N) is 1. The first-order chi connectivity index (χ1) is 35.2. The van der Waals surface area contributed by atoms with Gasteiger partial charge in [0.05, 0.1) is 80.0 Å². The summed E-state index contributed by atoms with van der Waals surface area (Å²) < 4.78 is 105. The van der Waals surface area contributed by atoms with Crippen molar-refractivity contribution in [2.75, 3.05) is 60.7 Å². The summed E-state index contributed by atoms with van der Waals surface area (Å²) in [6, 6.07) is 24.3. The Morgan fingerprint density at radius 2 is 1.35 bits per heavy atom. The van der Waals surface area contributed by atoms with Crippen LogP contribution in [0.5, 0.6) is 11.5 Å². The number of sulfone groups is 1. The summed E-state index contributed by atoms with van der Waals surface area (Å²) in [6.45, 7) is 7.41. The van der Waals surface area contributed by atoms with Gasteiger partial charge in [-0.1, -0.05) is 27.8 Å². The zero-order valence-corrected chi connectivity index (χ0v) is 43.7. The average molecular weight is 1120 g/mol. The van der Waals surface area contributed by atoms with Crippen molar-refractivity contribution in [1.82, 2.24) is 0 Å². The fourth-order valence-corrected chi connectivity index (χ4v) is 10.2. The molecule has 0 fully saturated rings. The van der Waals surface area contributed by atoms with E-state index in [0.29, 0.717) is 40.5 Å². The van der Waals surface area contributed by atoms with Gasteiger partial charge < -0.3 is 26.2 Å². The lowest BCUT2D eigenvalue weighted by Gasteiger charge is -2.24. The number of azo groups is 3. The molecule has 6 aromatic carbocycles. The van der Waals surface area contributed by atoms with Crippen molar-refractivity contribution in [3.8, 4) is 11.5 Å². The summed E-state index contributed by atoms with van der Waals surface area (Å²) in [6.07, 6.45) is 0. The Morgan fingerprint density at radius 1 is 0.743 bits per heavy atom. The van der Waals surface area contributed by atoms with Gasteiger partial charge in [0.15, 0.2) is 27.9 Å². The maximum Gasteiger partial charge on any atom is 0.296 e. The number of aromatic hydroxyl groups is 1. The lowest BCUT2D eigenvalue weighted by atomic mass is 10.1. The minimum atomic E-state index is -4.86. The first-order valence-corrected chi connectivity index (χ1v) is 27.1. The van der Waals surface area contributed by atoms with E-state index in [1.807, 2.05) is 13.0 Å². The molecule has 0 amide bonds. The molecule has 74 heavy (non-hydrogen) atoms. The maximum atomic E-state index is 12.5. The highest BCUT2D eigenvalue weighted by molar-refractivity contribution is 7.94. The summed E-state index contributed by atoms with van der Waals surface area (Å²) in [5, 5.41) is 57.8. The molecule has 0 spiro atoms. The molecule has 0 bridgehead atoms. The number of fused-ring (bicyclic) bond motifs is 1. The smallest absolute Gasteiger partial charge is 0.296 e. The standard InChI is InChI=1S/C24H29N5O3S.C19H19N5O13S4/c1-5-29(6-2)23-15-21(25)22(16-24(23)32-4)27-26-18-9-11-19(12-10-18)28-33(30,31)20-13-7-17(3)8-14-20;1-21-23-18-14(41(30,31)32)9-10-8-13(38-36-34-26)17(16(20)15(10)19(18)25)24-22-11-2-4-12(5-3-11)40(28,29)7-6-33-39-37-35-27/h7-16,28H,5-6,25H2,1-4H3;2-5,8-9,25-27H,6-7,20H2,1H3,(H,30,31,32). The number of aryl methyl sites for hydroxylation is 1. The second kappa shape index (κ2) is 26.6. The van der Waals surface area contributed by atoms with Crippen molar-refractivity contribution < 1.29 is 73.1 Å². The lowest BCUT2D eigenvalue weighted by Crippen LogP contribution is -2.22. The van der Waals surface area contributed by atoms with Gasteiger partial charge in [0.1, 0.15) is 27.7 Å². The molecule has 396 valence electrons. The van der Waals surface area contributed by atoms with E-state index in [2.05, 4.69) is 72.9 Å². The van der Waals surface area contributed by atoms with Gasteiger partial charge in [0.25, 0.3) is 20.1 Å². The SMILES string of the molecule is CCN(CC)c1cc(N)c(N=Nc2ccc(NS(=O)(=O)c3ccc(C)cc3)cc2)cc1OC.CN=Nc1c(S(=O)(=O)O)cc2cc(SOOO)c(N=Nc3ccc(S(=O)(=O)CCOSOOO)cc3)c(N)c2c1O. The van der Waals surface area contributed by atoms with Crippen molar-refractivity contribution in [3.63, 3.8) is 0 Å². The van der Waals surface area contributed by atoms with E-state index in [1.54, 1.807) is 61.7 Å². The van der Waals surface area contributed by atoms with Gasteiger partial charge >= 0.3 is 0 Å². The number of sulfonamides is 1. The molecule has 0 aliphatic rings. The third-order valence-corrected chi connectivity index (χ3v) is 15.1. The van der Waals surface area contributed by atoms with Crippen LogP contribution in [0.1, 0.15) is 19.4 Å². The predicted octanol–water partition coefficient (Wildman–Crippen LogP) is 10.4. The first-order valence-electron chi connectivity index (χ1n) is 21.1. The minimum absolute atomic E-state index is 0.00180. The molecular weight excluding hydrogens is 1070 g/mol. The van der Waals surface area contributed by atoms with Crippen LogP contribution in [0.2, 0.25) is 0 Å². The van der Waals surface area contributed by atoms with E-state index >= 15 is 0 Å². The molecule has 0 atom stereocenters. The number of benzene rings is 6. The van der Waals surface area contributed by atoms with Crippen LogP contribution in [0.25, 0.3) is 10.8 Å². The molecule has 6 aromatic rings. The second-order valence-electron chi connectivity index (χ2n) is 14.8. The molecule has 0 saturated heterocycles. The van der Waals surface area contributed by atoms with Crippen LogP contribution in [-0.4, -0.2) is 85.0 Å². The maximum absolute atomic E-state index is 12.5. The van der Waals surface area contributed by atoms with Gasteiger partial charge in [-0.25, -0.2) is 27.4 Å². The summed E-state index contributed by atoms with van der Waals surface area (Å²) in [5.74, 6) is -0.486. The van der Waals surface area contributed by atoms with E-state index in [-0.39, 0.29) is 61.5 Å². The third-order valence-electron chi connectivity index (χ3n) is 10.1. The normalized spacial score (nSPS) is 12.2. The molecule has 0 unspecified atom stereocenters. The Balaban J connectivity index is 0.000000280. The molecule has 0 heterocycles. The van der Waals surface area contributed by atoms with Crippen LogP contribution in [0.3, 0.4) is 0 Å². The lowest BCUT2D eigenvalue weighted by molar-refractivity contribution is -0.434. The largest absolute Gasteiger partial charge is 0.505 e. The number of nitrogens with two attached hydrogens (primary N) is 2. The van der Waals surface area contributed by atoms with Crippen LogP contribution in [0, 0.1) is 6.92 Å². The van der Waals surface area contributed by atoms with Gasteiger partial charge in [0, 0.05) is 31.9 Å². The number of nitrogens with zero attached hydrogens (tertiary/aromatic N) is 7. The molecule has 6 rings (SSSR count). The van der Waals surface area contributed by atoms with Crippen LogP contribution in [0.4, 0.5) is 51.2 Å². The van der Waals surface area contributed by atoms with Crippen molar-refractivity contribution in [1.29, 1.82) is 0 Å². The fraction of sp³-hybridized carbons (Fsp3) is 0.209. The number of methoxy groups -OCH3 is 1. The van der Waals surface area contributed by atoms with E-state index in [4.69, 9.17) is 30.9 Å². The second-order valence-corrected chi connectivity index (χ2v) is 21.2. The molecule has 0 saturated carbocycles. The number of hydrogen-bond acceptors (Lipinski definition) is 26. The molecule has 0 radical (unpaired) electrons. The van der Waals surface area contributed by atoms with Crippen molar-refractivity contribution in [2.45, 2.75) is 40.4 Å². The highest BCUT2D eigenvalue weighted by Crippen LogP contribution is 2.49. The topological polar surface area (TPSA) is 380 Å². The summed E-state index contributed by atoms with van der Waals surface area (Å²) in [4.78, 5) is 1.55. The Kier molecular flexibility index (Phi) is 20.9. The monoisotopic (exact) mass is 1120 g/mol. The highest BCUT2D eigenvalue weighted by Gasteiger charge is 2.26. The number of ether oxygens (including phenoxy) is 1. The number of phenols is 1.